The van der Waals surface area contributed by atoms with Crippen LogP contribution in [0.15, 0.2) is 41.3 Å². The van der Waals surface area contributed by atoms with Gasteiger partial charge in [0.2, 0.25) is 14.5 Å². The number of hydrogen-bond acceptors (Lipinski definition) is 4. The molecule has 0 bridgehead atoms. The summed E-state index contributed by atoms with van der Waals surface area (Å²) in [6.45, 7) is 15.2. The van der Waals surface area contributed by atoms with Gasteiger partial charge in [0.25, 0.3) is 0 Å². The monoisotopic (exact) mass is 482 g/mol. The Labute approximate surface area is 202 Å². The first-order valence-corrected chi connectivity index (χ1v) is 14.0. The van der Waals surface area contributed by atoms with Crippen molar-refractivity contribution in [2.24, 2.45) is 0 Å². The molecule has 2 aromatic carbocycles. The van der Waals surface area contributed by atoms with E-state index >= 15 is 4.39 Å². The Morgan fingerprint density at radius 3 is 2.38 bits per heavy atom. The van der Waals surface area contributed by atoms with Crippen LogP contribution < -0.4 is 5.43 Å². The van der Waals surface area contributed by atoms with Crippen LogP contribution in [0, 0.1) is 5.82 Å². The number of esters is 1. The summed E-state index contributed by atoms with van der Waals surface area (Å²) in [5.41, 5.74) is 3.07. The second kappa shape index (κ2) is 10.2. The summed E-state index contributed by atoms with van der Waals surface area (Å²) in [7, 11) is -0.939. The van der Waals surface area contributed by atoms with Crippen molar-refractivity contribution in [3.05, 3.63) is 69.3 Å². The zero-order valence-corrected chi connectivity index (χ0v) is 22.0. The first-order chi connectivity index (χ1) is 16.0. The summed E-state index contributed by atoms with van der Waals surface area (Å²) in [6, 6.07) is 8.97. The SMILES string of the molecule is CCOC(=O)c1cn(CC)c2cc(-c3ccc(C(C)(C)C)cc3CO[Si](C)C)c(F)cc2c1=O. The first kappa shape index (κ1) is 25.8. The van der Waals surface area contributed by atoms with Crippen molar-refractivity contribution < 1.29 is 18.3 Å². The quantitative estimate of drug-likeness (QED) is 0.303. The normalized spacial score (nSPS) is 11.9. The van der Waals surface area contributed by atoms with Gasteiger partial charge in [0.1, 0.15) is 11.4 Å². The van der Waals surface area contributed by atoms with Gasteiger partial charge in [-0.15, -0.1) is 0 Å². The summed E-state index contributed by atoms with van der Waals surface area (Å²) in [6.07, 6.45) is 1.50. The lowest BCUT2D eigenvalue weighted by molar-refractivity contribution is 0.0524. The minimum atomic E-state index is -0.939. The van der Waals surface area contributed by atoms with Gasteiger partial charge < -0.3 is 13.7 Å². The van der Waals surface area contributed by atoms with Gasteiger partial charge in [-0.3, -0.25) is 4.79 Å². The molecule has 0 unspecified atom stereocenters. The fourth-order valence-corrected chi connectivity index (χ4v) is 4.34. The molecular formula is C27H33FNO4Si. The second-order valence-electron chi connectivity index (χ2n) is 9.55. The van der Waals surface area contributed by atoms with Crippen molar-refractivity contribution >= 4 is 25.9 Å². The predicted octanol–water partition coefficient (Wildman–Crippen LogP) is 6.07. The average Bonchev–Trinajstić information content (AvgIpc) is 2.77. The largest absolute Gasteiger partial charge is 0.462 e. The van der Waals surface area contributed by atoms with Crippen LogP contribution in [0.3, 0.4) is 0 Å². The fourth-order valence-electron chi connectivity index (χ4n) is 3.90. The lowest BCUT2D eigenvalue weighted by Crippen LogP contribution is -2.21. The number of rotatable bonds is 7. The molecule has 3 rings (SSSR count). The van der Waals surface area contributed by atoms with Gasteiger partial charge >= 0.3 is 5.97 Å². The molecule has 1 aromatic heterocycles. The number of halogens is 1. The Morgan fingerprint density at radius 2 is 1.79 bits per heavy atom. The van der Waals surface area contributed by atoms with Crippen LogP contribution >= 0.6 is 0 Å². The molecule has 1 radical (unpaired) electrons. The van der Waals surface area contributed by atoms with Gasteiger partial charge in [-0.1, -0.05) is 39.0 Å². The molecule has 0 aliphatic heterocycles. The Hall–Kier alpha value is -2.77. The summed E-state index contributed by atoms with van der Waals surface area (Å²) in [4.78, 5) is 25.3. The van der Waals surface area contributed by atoms with Crippen LogP contribution in [0.5, 0.6) is 0 Å². The van der Waals surface area contributed by atoms with Crippen molar-refractivity contribution in [1.82, 2.24) is 4.57 Å². The molecule has 5 nitrogen and oxygen atoms in total. The van der Waals surface area contributed by atoms with Crippen LogP contribution in [-0.2, 0) is 27.7 Å². The Balaban J connectivity index is 2.26. The van der Waals surface area contributed by atoms with E-state index in [9.17, 15) is 9.59 Å². The number of carbonyl (C=O) groups is 1. The van der Waals surface area contributed by atoms with E-state index in [1.165, 1.54) is 12.3 Å². The van der Waals surface area contributed by atoms with E-state index in [0.717, 1.165) is 16.7 Å². The van der Waals surface area contributed by atoms with Crippen molar-refractivity contribution in [2.45, 2.75) is 66.3 Å². The van der Waals surface area contributed by atoms with E-state index in [0.29, 0.717) is 24.2 Å². The van der Waals surface area contributed by atoms with Crippen molar-refractivity contribution in [1.29, 1.82) is 0 Å². The maximum atomic E-state index is 15.5. The summed E-state index contributed by atoms with van der Waals surface area (Å²) in [5, 5.41) is 0.158. The number of aryl methyl sites for hydroxylation is 1. The van der Waals surface area contributed by atoms with E-state index in [1.54, 1.807) is 17.6 Å². The highest BCUT2D eigenvalue weighted by Crippen LogP contribution is 2.33. The molecule has 34 heavy (non-hydrogen) atoms. The smallest absolute Gasteiger partial charge is 0.343 e. The number of nitrogens with zero attached hydrogens (tertiary/aromatic N) is 1. The van der Waals surface area contributed by atoms with Gasteiger partial charge in [0, 0.05) is 23.7 Å². The van der Waals surface area contributed by atoms with E-state index in [-0.39, 0.29) is 23.0 Å². The molecule has 0 atom stereocenters. The number of aromatic nitrogens is 1. The third kappa shape index (κ3) is 5.31. The van der Waals surface area contributed by atoms with Crippen LogP contribution in [0.25, 0.3) is 22.0 Å². The van der Waals surface area contributed by atoms with Crippen molar-refractivity contribution in [2.75, 3.05) is 6.61 Å². The minimum absolute atomic E-state index is 0.0619. The Bertz CT molecular complexity index is 1270. The third-order valence-electron chi connectivity index (χ3n) is 5.78. The second-order valence-corrected chi connectivity index (χ2v) is 11.7. The lowest BCUT2D eigenvalue weighted by Gasteiger charge is -2.22. The summed E-state index contributed by atoms with van der Waals surface area (Å²) in [5.74, 6) is -1.22. The zero-order chi connectivity index (χ0) is 25.2. The average molecular weight is 483 g/mol. The van der Waals surface area contributed by atoms with Crippen LogP contribution in [0.4, 0.5) is 4.39 Å². The lowest BCUT2D eigenvalue weighted by atomic mass is 9.84. The fraction of sp³-hybridized carbons (Fsp3) is 0.407. The number of carbonyl (C=O) groups excluding carboxylic acids is 1. The van der Waals surface area contributed by atoms with Crippen molar-refractivity contribution in [3.63, 3.8) is 0 Å². The Morgan fingerprint density at radius 1 is 1.09 bits per heavy atom. The topological polar surface area (TPSA) is 57.5 Å². The molecule has 1 heterocycles. The van der Waals surface area contributed by atoms with Crippen LogP contribution in [0.2, 0.25) is 13.1 Å². The molecule has 7 heteroatoms. The molecule has 0 saturated heterocycles. The number of hydrogen-bond donors (Lipinski definition) is 0. The third-order valence-corrected chi connectivity index (χ3v) is 6.50. The van der Waals surface area contributed by atoms with E-state index in [4.69, 9.17) is 9.16 Å². The van der Waals surface area contributed by atoms with Crippen LogP contribution in [-0.4, -0.2) is 26.2 Å². The maximum absolute atomic E-state index is 15.5. The molecule has 0 aliphatic carbocycles. The molecule has 0 aliphatic rings. The highest BCUT2D eigenvalue weighted by molar-refractivity contribution is 6.48. The highest BCUT2D eigenvalue weighted by Gasteiger charge is 2.21. The minimum Gasteiger partial charge on any atom is -0.462 e. The molecule has 0 spiro atoms. The highest BCUT2D eigenvalue weighted by atomic mass is 28.3. The van der Waals surface area contributed by atoms with Crippen molar-refractivity contribution in [3.8, 4) is 11.1 Å². The standard InChI is InChI=1S/C27H33FNO4Si/c1-8-29-15-22(26(31)32-9-2)25(30)21-13-23(28)20(14-24(21)29)19-11-10-18(27(3,4)5)12-17(19)16-33-34(6)7/h10-15H,8-9,16H2,1-7H3. The number of fused-ring (bicyclic) bond motifs is 1. The molecular weight excluding hydrogens is 449 g/mol. The summed E-state index contributed by atoms with van der Waals surface area (Å²) >= 11 is 0. The van der Waals surface area contributed by atoms with Gasteiger partial charge in [-0.2, -0.15) is 0 Å². The van der Waals surface area contributed by atoms with Crippen LogP contribution in [0.1, 0.15) is 56.1 Å². The maximum Gasteiger partial charge on any atom is 0.343 e. The number of pyridine rings is 1. The zero-order valence-electron chi connectivity index (χ0n) is 21.0. The van der Waals surface area contributed by atoms with Gasteiger partial charge in [-0.25, -0.2) is 9.18 Å². The van der Waals surface area contributed by atoms with E-state index in [1.807, 2.05) is 19.1 Å². The number of benzene rings is 2. The Kier molecular flexibility index (Phi) is 7.78. The molecule has 181 valence electrons. The molecule has 0 fully saturated rings. The van der Waals surface area contributed by atoms with Gasteiger partial charge in [-0.05, 0) is 61.2 Å². The first-order valence-electron chi connectivity index (χ1n) is 11.6. The number of ether oxygens (including phenoxy) is 1. The molecule has 3 aromatic rings. The van der Waals surface area contributed by atoms with E-state index < -0.39 is 26.3 Å². The van der Waals surface area contributed by atoms with Gasteiger partial charge in [0.15, 0.2) is 0 Å². The molecule has 0 amide bonds. The van der Waals surface area contributed by atoms with Gasteiger partial charge in [0.05, 0.1) is 18.7 Å². The van der Waals surface area contributed by atoms with E-state index in [2.05, 4.69) is 39.9 Å². The molecule has 0 saturated carbocycles. The predicted molar refractivity (Wildman–Crippen MR) is 136 cm³/mol. The summed E-state index contributed by atoms with van der Waals surface area (Å²) < 4.78 is 28.3. The molecule has 0 N–H and O–H groups in total.